The molecule has 2 heterocycles. The van der Waals surface area contributed by atoms with Gasteiger partial charge in [-0.05, 0) is 38.5 Å². The van der Waals surface area contributed by atoms with Crippen LogP contribution in [0.2, 0.25) is 0 Å². The van der Waals surface area contributed by atoms with Gasteiger partial charge in [-0.2, -0.15) is 0 Å². The zero-order valence-electron chi connectivity index (χ0n) is 19.8. The lowest BCUT2D eigenvalue weighted by molar-refractivity contribution is -0.159. The number of piperazine rings is 2. The lowest BCUT2D eigenvalue weighted by Gasteiger charge is -2.45. The monoisotopic (exact) mass is 437 g/mol. The van der Waals surface area contributed by atoms with Crippen molar-refractivity contribution in [1.29, 1.82) is 0 Å². The van der Waals surface area contributed by atoms with Crippen LogP contribution in [0.5, 0.6) is 0 Å². The van der Waals surface area contributed by atoms with E-state index < -0.39 is 24.0 Å². The molecule has 0 aromatic rings. The van der Waals surface area contributed by atoms with Gasteiger partial charge in [0.25, 0.3) is 0 Å². The third-order valence-electron chi connectivity index (χ3n) is 6.24. The molecule has 0 saturated carbocycles. The molecule has 0 spiro atoms. The number of carbonyl (C=O) groups is 4. The van der Waals surface area contributed by atoms with E-state index in [4.69, 9.17) is 5.73 Å². The number of primary amides is 1. The van der Waals surface area contributed by atoms with Crippen LogP contribution in [0.1, 0.15) is 54.4 Å². The van der Waals surface area contributed by atoms with E-state index in [0.717, 1.165) is 6.42 Å². The summed E-state index contributed by atoms with van der Waals surface area (Å²) >= 11 is 0. The van der Waals surface area contributed by atoms with Crippen LogP contribution in [0.4, 0.5) is 0 Å². The first-order valence-electron chi connectivity index (χ1n) is 11.4. The van der Waals surface area contributed by atoms with Crippen molar-refractivity contribution in [3.05, 3.63) is 0 Å². The largest absolute Gasteiger partial charge is 0.368 e. The van der Waals surface area contributed by atoms with Crippen molar-refractivity contribution in [2.24, 2.45) is 17.6 Å². The second-order valence-electron chi connectivity index (χ2n) is 9.63. The Balaban J connectivity index is 2.22. The van der Waals surface area contributed by atoms with Crippen molar-refractivity contribution in [2.75, 3.05) is 26.2 Å². The van der Waals surface area contributed by atoms with Crippen LogP contribution in [-0.2, 0) is 19.2 Å². The Morgan fingerprint density at radius 3 is 2.19 bits per heavy atom. The van der Waals surface area contributed by atoms with Crippen molar-refractivity contribution in [2.45, 2.75) is 78.6 Å². The molecule has 0 aromatic carbocycles. The molecular weight excluding hydrogens is 398 g/mol. The molecule has 176 valence electrons. The van der Waals surface area contributed by atoms with Gasteiger partial charge in [0.05, 0.1) is 6.04 Å². The van der Waals surface area contributed by atoms with Crippen LogP contribution < -0.4 is 11.1 Å². The van der Waals surface area contributed by atoms with Crippen LogP contribution in [0.3, 0.4) is 0 Å². The van der Waals surface area contributed by atoms with E-state index in [9.17, 15) is 19.2 Å². The number of nitrogens with zero attached hydrogens (tertiary/aromatic N) is 3. The summed E-state index contributed by atoms with van der Waals surface area (Å²) in [6, 6.07) is -2.31. The van der Waals surface area contributed by atoms with Crippen molar-refractivity contribution in [3.63, 3.8) is 0 Å². The summed E-state index contributed by atoms with van der Waals surface area (Å²) in [4.78, 5) is 55.9. The minimum Gasteiger partial charge on any atom is -0.368 e. The minimum absolute atomic E-state index is 0.0427. The van der Waals surface area contributed by atoms with Crippen molar-refractivity contribution >= 4 is 23.6 Å². The fourth-order valence-electron chi connectivity index (χ4n) is 4.45. The van der Waals surface area contributed by atoms with Gasteiger partial charge in [0, 0.05) is 26.2 Å². The Morgan fingerprint density at radius 1 is 1.00 bits per heavy atom. The molecule has 2 aliphatic heterocycles. The SMILES string of the molecule is CC(C)C[C@@H]1NCCN([C@@H](CC(C)C)C(=O)N2CCN([C@@H](C)C(N)=O)C(=O)[C@@H]2C)C1=O. The number of carbonyl (C=O) groups excluding carboxylic acids is 4. The third kappa shape index (κ3) is 5.75. The summed E-state index contributed by atoms with van der Waals surface area (Å²) in [7, 11) is 0. The highest BCUT2D eigenvalue weighted by molar-refractivity contribution is 5.95. The predicted molar refractivity (Wildman–Crippen MR) is 118 cm³/mol. The van der Waals surface area contributed by atoms with E-state index in [-0.39, 0.29) is 36.2 Å². The van der Waals surface area contributed by atoms with Crippen LogP contribution in [-0.4, -0.2) is 88.7 Å². The molecule has 0 bridgehead atoms. The molecule has 2 saturated heterocycles. The molecule has 31 heavy (non-hydrogen) atoms. The maximum absolute atomic E-state index is 13.6. The molecule has 0 aliphatic carbocycles. The van der Waals surface area contributed by atoms with E-state index in [2.05, 4.69) is 19.2 Å². The van der Waals surface area contributed by atoms with Crippen LogP contribution in [0, 0.1) is 11.8 Å². The highest BCUT2D eigenvalue weighted by Crippen LogP contribution is 2.23. The molecule has 4 atom stereocenters. The molecule has 2 rings (SSSR count). The standard InChI is InChI=1S/C22H39N5O4/c1-13(2)11-17-21(30)27(8-7-24-17)18(12-14(3)4)22(31)26-10-9-25(15(5)19(23)28)20(29)16(26)6/h13-18,24H,7-12H2,1-6H3,(H2,23,28)/t15-,16-,17-,18-/m0/s1. The molecule has 0 unspecified atom stereocenters. The number of hydrogen-bond donors (Lipinski definition) is 2. The van der Waals surface area contributed by atoms with Crippen molar-refractivity contribution in [3.8, 4) is 0 Å². The number of nitrogens with one attached hydrogen (secondary N) is 1. The predicted octanol–water partition coefficient (Wildman–Crippen LogP) is 0.181. The smallest absolute Gasteiger partial charge is 0.246 e. The van der Waals surface area contributed by atoms with Crippen LogP contribution in [0.15, 0.2) is 0 Å². The zero-order chi connectivity index (χ0) is 23.5. The van der Waals surface area contributed by atoms with E-state index in [0.29, 0.717) is 32.0 Å². The molecule has 2 fully saturated rings. The van der Waals surface area contributed by atoms with Gasteiger partial charge in [0.2, 0.25) is 23.6 Å². The number of amides is 4. The Hall–Kier alpha value is -2.16. The van der Waals surface area contributed by atoms with E-state index in [1.165, 1.54) is 4.90 Å². The second-order valence-corrected chi connectivity index (χ2v) is 9.63. The van der Waals surface area contributed by atoms with Gasteiger partial charge in [-0.3, -0.25) is 19.2 Å². The van der Waals surface area contributed by atoms with Gasteiger partial charge in [-0.15, -0.1) is 0 Å². The van der Waals surface area contributed by atoms with Gasteiger partial charge >= 0.3 is 0 Å². The summed E-state index contributed by atoms with van der Waals surface area (Å²) in [6.45, 7) is 13.1. The molecule has 4 amide bonds. The fourth-order valence-corrected chi connectivity index (χ4v) is 4.45. The molecule has 9 nitrogen and oxygen atoms in total. The number of rotatable bonds is 8. The molecule has 2 aliphatic rings. The summed E-state index contributed by atoms with van der Waals surface area (Å²) in [6.07, 6.45) is 1.26. The summed E-state index contributed by atoms with van der Waals surface area (Å²) < 4.78 is 0. The lowest BCUT2D eigenvalue weighted by Crippen LogP contribution is -2.66. The quantitative estimate of drug-likeness (QED) is 0.562. The van der Waals surface area contributed by atoms with Crippen molar-refractivity contribution in [1.82, 2.24) is 20.0 Å². The van der Waals surface area contributed by atoms with E-state index >= 15 is 0 Å². The summed E-state index contributed by atoms with van der Waals surface area (Å²) in [5.74, 6) is -0.529. The topological polar surface area (TPSA) is 116 Å². The molecular formula is C22H39N5O4. The summed E-state index contributed by atoms with van der Waals surface area (Å²) in [5, 5.41) is 3.28. The third-order valence-corrected chi connectivity index (χ3v) is 6.24. The first-order valence-corrected chi connectivity index (χ1v) is 11.4. The highest BCUT2D eigenvalue weighted by Gasteiger charge is 2.43. The summed E-state index contributed by atoms with van der Waals surface area (Å²) in [5.41, 5.74) is 5.37. The van der Waals surface area contributed by atoms with Crippen LogP contribution in [0.25, 0.3) is 0 Å². The Bertz CT molecular complexity index is 695. The minimum atomic E-state index is -0.717. The number of nitrogens with two attached hydrogens (primary N) is 1. The van der Waals surface area contributed by atoms with Gasteiger partial charge in [-0.25, -0.2) is 0 Å². The van der Waals surface area contributed by atoms with Gasteiger partial charge in [-0.1, -0.05) is 27.7 Å². The maximum Gasteiger partial charge on any atom is 0.246 e. The molecule has 0 aromatic heterocycles. The Kier molecular flexibility index (Phi) is 8.45. The normalized spacial score (nSPS) is 24.7. The van der Waals surface area contributed by atoms with E-state index in [1.807, 2.05) is 13.8 Å². The first-order chi connectivity index (χ1) is 14.5. The molecule has 0 radical (unpaired) electrons. The van der Waals surface area contributed by atoms with Crippen LogP contribution >= 0.6 is 0 Å². The molecule has 9 heteroatoms. The average molecular weight is 438 g/mol. The maximum atomic E-state index is 13.6. The van der Waals surface area contributed by atoms with Crippen molar-refractivity contribution < 1.29 is 19.2 Å². The Labute approximate surface area is 185 Å². The Morgan fingerprint density at radius 2 is 1.65 bits per heavy atom. The molecule has 3 N–H and O–H groups in total. The average Bonchev–Trinajstić information content (AvgIpc) is 2.68. The van der Waals surface area contributed by atoms with Gasteiger partial charge in [0.15, 0.2) is 0 Å². The van der Waals surface area contributed by atoms with E-state index in [1.54, 1.807) is 23.6 Å². The lowest BCUT2D eigenvalue weighted by atomic mass is 9.95. The van der Waals surface area contributed by atoms with Gasteiger partial charge in [0.1, 0.15) is 18.1 Å². The van der Waals surface area contributed by atoms with Gasteiger partial charge < -0.3 is 25.8 Å². The fraction of sp³-hybridized carbons (Fsp3) is 0.818. The second kappa shape index (κ2) is 10.4. The first kappa shape index (κ1) is 25.1. The highest BCUT2D eigenvalue weighted by atomic mass is 16.2. The number of hydrogen-bond acceptors (Lipinski definition) is 5. The zero-order valence-corrected chi connectivity index (χ0v) is 19.8.